The Balaban J connectivity index is 2.10. The highest BCUT2D eigenvalue weighted by Gasteiger charge is 2.23. The Hall–Kier alpha value is -2.40. The van der Waals surface area contributed by atoms with Crippen molar-refractivity contribution in [2.45, 2.75) is 32.4 Å². The first-order valence-corrected chi connectivity index (χ1v) is 7.97. The molecule has 1 unspecified atom stereocenters. The normalized spacial score (nSPS) is 12.3. The van der Waals surface area contributed by atoms with Crippen molar-refractivity contribution in [2.75, 3.05) is 5.32 Å². The highest BCUT2D eigenvalue weighted by Crippen LogP contribution is 2.25. The molecule has 126 valence electrons. The molecule has 5 nitrogen and oxygen atoms in total. The van der Waals surface area contributed by atoms with Crippen LogP contribution in [-0.4, -0.2) is 6.03 Å². The smallest absolute Gasteiger partial charge is 0.319 e. The predicted octanol–water partition coefficient (Wildman–Crippen LogP) is 5.22. The highest BCUT2D eigenvalue weighted by atomic mass is 35.5. The number of amides is 2. The molecule has 2 aromatic rings. The van der Waals surface area contributed by atoms with Crippen LogP contribution in [0.2, 0.25) is 5.02 Å². The zero-order chi connectivity index (χ0) is 17.7. The monoisotopic (exact) mass is 345 g/mol. The van der Waals surface area contributed by atoms with Gasteiger partial charge in [-0.05, 0) is 56.2 Å². The van der Waals surface area contributed by atoms with Crippen LogP contribution in [0.25, 0.3) is 0 Å². The predicted molar refractivity (Wildman–Crippen MR) is 97.3 cm³/mol. The van der Waals surface area contributed by atoms with Crippen LogP contribution in [0.1, 0.15) is 37.9 Å². The van der Waals surface area contributed by atoms with Crippen LogP contribution in [0.4, 0.5) is 10.5 Å². The van der Waals surface area contributed by atoms with E-state index in [0.717, 1.165) is 11.1 Å². The van der Waals surface area contributed by atoms with E-state index in [4.69, 9.17) is 11.6 Å². The molecule has 0 aromatic heterocycles. The molecule has 0 aliphatic rings. The lowest BCUT2D eigenvalue weighted by Gasteiger charge is -2.27. The van der Waals surface area contributed by atoms with Gasteiger partial charge >= 0.3 is 6.03 Å². The summed E-state index contributed by atoms with van der Waals surface area (Å²) >= 11 is 5.83. The quantitative estimate of drug-likeness (QED) is 0.729. The van der Waals surface area contributed by atoms with Crippen molar-refractivity contribution >= 4 is 23.3 Å². The van der Waals surface area contributed by atoms with Gasteiger partial charge in [-0.3, -0.25) is 0 Å². The van der Waals surface area contributed by atoms with Gasteiger partial charge in [0.15, 0.2) is 0 Å². The van der Waals surface area contributed by atoms with E-state index in [1.165, 1.54) is 0 Å². The third kappa shape index (κ3) is 4.55. The minimum Gasteiger partial charge on any atom is -0.329 e. The maximum absolute atomic E-state index is 12.2. The van der Waals surface area contributed by atoms with Crippen LogP contribution in [-0.2, 0) is 5.54 Å². The van der Waals surface area contributed by atoms with Gasteiger partial charge in [0, 0.05) is 10.7 Å². The Morgan fingerprint density at radius 1 is 1.17 bits per heavy atom. The molecule has 2 rings (SSSR count). The summed E-state index contributed by atoms with van der Waals surface area (Å²) in [6.07, 6.45) is 0. The molecule has 0 saturated carbocycles. The molecule has 0 bridgehead atoms. The van der Waals surface area contributed by atoms with E-state index in [2.05, 4.69) is 15.8 Å². The maximum atomic E-state index is 12.2. The molecular weight excluding hydrogens is 326 g/mol. The number of carbonyl (C=O) groups excluding carboxylic acids is 1. The second kappa shape index (κ2) is 7.45. The molecule has 0 aliphatic carbocycles. The highest BCUT2D eigenvalue weighted by molar-refractivity contribution is 6.30. The van der Waals surface area contributed by atoms with Crippen molar-refractivity contribution in [1.29, 1.82) is 0 Å². The number of anilines is 1. The Morgan fingerprint density at radius 3 is 2.46 bits per heavy atom. The number of benzene rings is 2. The fourth-order valence-electron chi connectivity index (χ4n) is 2.30. The van der Waals surface area contributed by atoms with Crippen molar-refractivity contribution in [3.63, 3.8) is 0 Å². The number of nitroso groups, excluding NO2 is 1. The second-order valence-electron chi connectivity index (χ2n) is 6.12. The van der Waals surface area contributed by atoms with Crippen LogP contribution in [0.5, 0.6) is 0 Å². The number of nitrogens with one attached hydrogen (secondary N) is 2. The summed E-state index contributed by atoms with van der Waals surface area (Å²) in [6, 6.07) is 13.6. The van der Waals surface area contributed by atoms with Crippen LogP contribution in [0.3, 0.4) is 0 Å². The number of urea groups is 1. The molecule has 0 heterocycles. The molecule has 0 spiro atoms. The second-order valence-corrected chi connectivity index (χ2v) is 6.55. The van der Waals surface area contributed by atoms with Gasteiger partial charge in [0.25, 0.3) is 0 Å². The van der Waals surface area contributed by atoms with E-state index < -0.39 is 11.6 Å². The van der Waals surface area contributed by atoms with E-state index in [-0.39, 0.29) is 6.03 Å². The van der Waals surface area contributed by atoms with Gasteiger partial charge in [-0.2, -0.15) is 4.91 Å². The number of hydrogen-bond acceptors (Lipinski definition) is 3. The van der Waals surface area contributed by atoms with Crippen molar-refractivity contribution in [3.8, 4) is 0 Å². The molecule has 1 atom stereocenters. The molecule has 0 saturated heterocycles. The van der Waals surface area contributed by atoms with Crippen molar-refractivity contribution in [1.82, 2.24) is 5.32 Å². The fraction of sp³-hybridized carbons (Fsp3) is 0.278. The molecule has 0 aliphatic heterocycles. The largest absolute Gasteiger partial charge is 0.329 e. The molecule has 24 heavy (non-hydrogen) atoms. The van der Waals surface area contributed by atoms with Gasteiger partial charge in [0.1, 0.15) is 6.04 Å². The number of carbonyl (C=O) groups is 1. The molecule has 6 heteroatoms. The molecule has 2 N–H and O–H groups in total. The van der Waals surface area contributed by atoms with Crippen LogP contribution in [0, 0.1) is 4.91 Å². The van der Waals surface area contributed by atoms with Crippen molar-refractivity contribution in [2.24, 2.45) is 5.18 Å². The number of halogens is 1. The van der Waals surface area contributed by atoms with E-state index >= 15 is 0 Å². The third-order valence-corrected chi connectivity index (χ3v) is 4.03. The van der Waals surface area contributed by atoms with Crippen LogP contribution < -0.4 is 10.6 Å². The number of nitrogens with zero attached hydrogens (tertiary/aromatic N) is 1. The Kier molecular flexibility index (Phi) is 5.57. The van der Waals surface area contributed by atoms with Crippen molar-refractivity contribution in [3.05, 3.63) is 69.6 Å². The third-order valence-electron chi connectivity index (χ3n) is 3.78. The van der Waals surface area contributed by atoms with Gasteiger partial charge in [-0.15, -0.1) is 0 Å². The first-order chi connectivity index (χ1) is 11.3. The summed E-state index contributed by atoms with van der Waals surface area (Å²) in [5.74, 6) is 0. The summed E-state index contributed by atoms with van der Waals surface area (Å²) in [5.41, 5.74) is 1.74. The minimum absolute atomic E-state index is 0.325. The molecular formula is C18H20ClN3O2. The Morgan fingerprint density at radius 2 is 1.83 bits per heavy atom. The Labute approximate surface area is 146 Å². The van der Waals surface area contributed by atoms with E-state index in [9.17, 15) is 9.70 Å². The lowest BCUT2D eigenvalue weighted by atomic mass is 9.92. The van der Waals surface area contributed by atoms with E-state index in [1.807, 2.05) is 38.1 Å². The molecule has 2 amide bonds. The van der Waals surface area contributed by atoms with Gasteiger partial charge in [0.2, 0.25) is 0 Å². The summed E-state index contributed by atoms with van der Waals surface area (Å²) < 4.78 is 0. The standard InChI is InChI=1S/C18H20ClN3O2/c1-12(22-24)13-5-4-6-14(11-13)18(2,3)21-17(23)20-16-9-7-15(19)8-10-16/h4-12H,1-3H3,(H2,20,21,23). The van der Waals surface area contributed by atoms with Crippen LogP contribution in [0.15, 0.2) is 53.7 Å². The fourth-order valence-corrected chi connectivity index (χ4v) is 2.43. The molecule has 0 radical (unpaired) electrons. The van der Waals surface area contributed by atoms with Gasteiger partial charge < -0.3 is 10.6 Å². The molecule has 2 aromatic carbocycles. The van der Waals surface area contributed by atoms with Crippen molar-refractivity contribution < 1.29 is 4.79 Å². The van der Waals surface area contributed by atoms with E-state index in [0.29, 0.717) is 10.7 Å². The summed E-state index contributed by atoms with van der Waals surface area (Å²) in [4.78, 5) is 23.0. The average Bonchev–Trinajstić information content (AvgIpc) is 2.56. The average molecular weight is 346 g/mol. The maximum Gasteiger partial charge on any atom is 0.319 e. The van der Waals surface area contributed by atoms with Gasteiger partial charge in [-0.25, -0.2) is 4.79 Å². The van der Waals surface area contributed by atoms with Gasteiger partial charge in [-0.1, -0.05) is 41.0 Å². The van der Waals surface area contributed by atoms with Gasteiger partial charge in [0.05, 0.1) is 5.54 Å². The summed E-state index contributed by atoms with van der Waals surface area (Å²) in [7, 11) is 0. The minimum atomic E-state index is -0.616. The topological polar surface area (TPSA) is 70.6 Å². The lowest BCUT2D eigenvalue weighted by Crippen LogP contribution is -2.43. The SMILES string of the molecule is CC(N=O)c1cccc(C(C)(C)NC(=O)Nc2ccc(Cl)cc2)c1. The zero-order valence-electron chi connectivity index (χ0n) is 13.8. The summed E-state index contributed by atoms with van der Waals surface area (Å²) in [6.45, 7) is 5.53. The number of rotatable bonds is 5. The zero-order valence-corrected chi connectivity index (χ0v) is 14.6. The summed E-state index contributed by atoms with van der Waals surface area (Å²) in [5, 5.41) is 9.35. The first kappa shape index (κ1) is 17.9. The first-order valence-electron chi connectivity index (χ1n) is 7.59. The number of hydrogen-bond donors (Lipinski definition) is 2. The molecule has 0 fully saturated rings. The van der Waals surface area contributed by atoms with Crippen LogP contribution >= 0.6 is 11.6 Å². The van der Waals surface area contributed by atoms with E-state index in [1.54, 1.807) is 31.2 Å². The lowest BCUT2D eigenvalue weighted by molar-refractivity contribution is 0.242. The Bertz CT molecular complexity index is 729.